The Labute approximate surface area is 103 Å². The average molecular weight is 248 g/mol. The minimum absolute atomic E-state index is 0.225. The zero-order valence-corrected chi connectivity index (χ0v) is 9.33. The highest BCUT2D eigenvalue weighted by molar-refractivity contribution is 5.54. The van der Waals surface area contributed by atoms with Gasteiger partial charge in [0.1, 0.15) is 0 Å². The van der Waals surface area contributed by atoms with Crippen LogP contribution in [0.2, 0.25) is 0 Å². The van der Waals surface area contributed by atoms with Crippen LogP contribution in [-0.4, -0.2) is 25.5 Å². The maximum atomic E-state index is 9.64. The van der Waals surface area contributed by atoms with Crippen LogP contribution in [0.15, 0.2) is 30.3 Å². The number of hydrogen-bond donors (Lipinski definition) is 5. The third kappa shape index (κ3) is 2.10. The van der Waals surface area contributed by atoms with Crippen molar-refractivity contribution in [1.82, 2.24) is 0 Å². The molecule has 2 rings (SSSR count). The van der Waals surface area contributed by atoms with E-state index >= 15 is 0 Å². The molecule has 0 aliphatic carbocycles. The van der Waals surface area contributed by atoms with Crippen LogP contribution in [0.25, 0.3) is 0 Å². The Hall–Kier alpha value is -2.56. The summed E-state index contributed by atoms with van der Waals surface area (Å²) in [6.07, 6.45) is 0.244. The molecule has 0 aliphatic heterocycles. The van der Waals surface area contributed by atoms with E-state index in [-0.39, 0.29) is 17.9 Å². The monoisotopic (exact) mass is 248 g/mol. The molecule has 0 amide bonds. The van der Waals surface area contributed by atoms with E-state index in [0.717, 1.165) is 0 Å². The van der Waals surface area contributed by atoms with Crippen molar-refractivity contribution >= 4 is 0 Å². The maximum absolute atomic E-state index is 9.64. The van der Waals surface area contributed by atoms with E-state index in [1.165, 1.54) is 24.3 Å². The van der Waals surface area contributed by atoms with Crippen molar-refractivity contribution in [2.45, 2.75) is 6.42 Å². The van der Waals surface area contributed by atoms with E-state index in [0.29, 0.717) is 11.1 Å². The molecule has 0 fully saturated rings. The van der Waals surface area contributed by atoms with Gasteiger partial charge in [-0.3, -0.25) is 0 Å². The first kappa shape index (κ1) is 11.9. The van der Waals surface area contributed by atoms with Gasteiger partial charge in [0.05, 0.1) is 0 Å². The normalized spacial score (nSPS) is 10.4. The molecule has 0 saturated carbocycles. The summed E-state index contributed by atoms with van der Waals surface area (Å²) in [5.41, 5.74) is 1.04. The van der Waals surface area contributed by atoms with Gasteiger partial charge in [-0.1, -0.05) is 12.1 Å². The van der Waals surface area contributed by atoms with Crippen molar-refractivity contribution in [3.8, 4) is 28.7 Å². The molecule has 2 aromatic carbocycles. The van der Waals surface area contributed by atoms with Gasteiger partial charge in [0, 0.05) is 12.0 Å². The van der Waals surface area contributed by atoms with Crippen LogP contribution in [0, 0.1) is 0 Å². The fraction of sp³-hybridized carbons (Fsp3) is 0.0769. The molecular weight excluding hydrogens is 236 g/mol. The van der Waals surface area contributed by atoms with Gasteiger partial charge in [0.2, 0.25) is 5.75 Å². The molecule has 2 aromatic rings. The Morgan fingerprint density at radius 1 is 0.667 bits per heavy atom. The van der Waals surface area contributed by atoms with Gasteiger partial charge < -0.3 is 25.5 Å². The standard InChI is InChI=1S/C13H12O5/c14-9-3-1-7(6-11(9)16)5-8-2-4-10(15)13(18)12(8)17/h1-4,6,14-18H,5H2. The second kappa shape index (κ2) is 4.37. The molecule has 18 heavy (non-hydrogen) atoms. The topological polar surface area (TPSA) is 101 Å². The quantitative estimate of drug-likeness (QED) is 0.522. The molecule has 0 aliphatic rings. The zero-order valence-electron chi connectivity index (χ0n) is 9.33. The number of rotatable bonds is 2. The van der Waals surface area contributed by atoms with Gasteiger partial charge in [-0.2, -0.15) is 0 Å². The lowest BCUT2D eigenvalue weighted by Crippen LogP contribution is -1.89. The molecule has 0 unspecified atom stereocenters. The van der Waals surface area contributed by atoms with Crippen molar-refractivity contribution in [2.75, 3.05) is 0 Å². The van der Waals surface area contributed by atoms with E-state index in [1.807, 2.05) is 0 Å². The third-order valence-electron chi connectivity index (χ3n) is 2.65. The molecule has 0 heterocycles. The van der Waals surface area contributed by atoms with Crippen molar-refractivity contribution in [3.63, 3.8) is 0 Å². The van der Waals surface area contributed by atoms with Gasteiger partial charge in [-0.15, -0.1) is 0 Å². The van der Waals surface area contributed by atoms with Gasteiger partial charge in [0.15, 0.2) is 23.0 Å². The summed E-state index contributed by atoms with van der Waals surface area (Å²) in [6, 6.07) is 7.01. The molecule has 0 atom stereocenters. The number of aromatic hydroxyl groups is 5. The van der Waals surface area contributed by atoms with Crippen LogP contribution >= 0.6 is 0 Å². The van der Waals surface area contributed by atoms with Crippen LogP contribution in [0.3, 0.4) is 0 Å². The molecule has 0 aromatic heterocycles. The van der Waals surface area contributed by atoms with E-state index in [2.05, 4.69) is 0 Å². The van der Waals surface area contributed by atoms with Crippen molar-refractivity contribution in [1.29, 1.82) is 0 Å². The fourth-order valence-corrected chi connectivity index (χ4v) is 1.65. The third-order valence-corrected chi connectivity index (χ3v) is 2.65. The Morgan fingerprint density at radius 2 is 1.33 bits per heavy atom. The molecule has 5 heteroatoms. The molecule has 0 spiro atoms. The van der Waals surface area contributed by atoms with E-state index in [4.69, 9.17) is 0 Å². The van der Waals surface area contributed by atoms with Crippen LogP contribution in [0.1, 0.15) is 11.1 Å². The average Bonchev–Trinajstić information content (AvgIpc) is 2.34. The summed E-state index contributed by atoms with van der Waals surface area (Å²) in [5, 5.41) is 46.7. The largest absolute Gasteiger partial charge is 0.504 e. The lowest BCUT2D eigenvalue weighted by molar-refractivity contribution is 0.365. The first-order chi connectivity index (χ1) is 8.49. The van der Waals surface area contributed by atoms with Crippen LogP contribution in [0.4, 0.5) is 0 Å². The first-order valence-electron chi connectivity index (χ1n) is 5.22. The van der Waals surface area contributed by atoms with E-state index in [1.54, 1.807) is 6.07 Å². The molecule has 5 nitrogen and oxygen atoms in total. The summed E-state index contributed by atoms with van der Waals surface area (Å²) in [6.45, 7) is 0. The number of hydrogen-bond acceptors (Lipinski definition) is 5. The number of phenolic OH excluding ortho intramolecular Hbond substituents is 5. The van der Waals surface area contributed by atoms with Gasteiger partial charge in [-0.05, 0) is 23.8 Å². The smallest absolute Gasteiger partial charge is 0.200 e. The lowest BCUT2D eigenvalue weighted by atomic mass is 10.0. The molecular formula is C13H12O5. The first-order valence-corrected chi connectivity index (χ1v) is 5.22. The maximum Gasteiger partial charge on any atom is 0.200 e. The number of phenols is 5. The van der Waals surface area contributed by atoms with E-state index < -0.39 is 17.2 Å². The minimum Gasteiger partial charge on any atom is -0.504 e. The van der Waals surface area contributed by atoms with Crippen LogP contribution in [0.5, 0.6) is 28.7 Å². The highest BCUT2D eigenvalue weighted by Crippen LogP contribution is 2.38. The highest BCUT2D eigenvalue weighted by atomic mass is 16.3. The molecule has 94 valence electrons. The SMILES string of the molecule is Oc1ccc(Cc2ccc(O)c(O)c2O)cc1O. The fourth-order valence-electron chi connectivity index (χ4n) is 1.65. The Morgan fingerprint density at radius 3 is 2.00 bits per heavy atom. The molecule has 0 radical (unpaired) electrons. The zero-order chi connectivity index (χ0) is 13.3. The predicted molar refractivity (Wildman–Crippen MR) is 64.0 cm³/mol. The second-order valence-corrected chi connectivity index (χ2v) is 3.94. The summed E-state index contributed by atoms with van der Waals surface area (Å²) < 4.78 is 0. The van der Waals surface area contributed by atoms with Crippen molar-refractivity contribution in [3.05, 3.63) is 41.5 Å². The molecule has 0 bridgehead atoms. The highest BCUT2D eigenvalue weighted by Gasteiger charge is 2.12. The van der Waals surface area contributed by atoms with E-state index in [9.17, 15) is 25.5 Å². The second-order valence-electron chi connectivity index (χ2n) is 3.94. The summed E-state index contributed by atoms with van der Waals surface area (Å²) in [4.78, 5) is 0. The van der Waals surface area contributed by atoms with Crippen LogP contribution < -0.4 is 0 Å². The molecule has 0 saturated heterocycles. The Kier molecular flexibility index (Phi) is 2.89. The van der Waals surface area contributed by atoms with Crippen LogP contribution in [-0.2, 0) is 6.42 Å². The lowest BCUT2D eigenvalue weighted by Gasteiger charge is -2.08. The number of benzene rings is 2. The van der Waals surface area contributed by atoms with Gasteiger partial charge >= 0.3 is 0 Å². The Balaban J connectivity index is 2.34. The summed E-state index contributed by atoms with van der Waals surface area (Å²) in [7, 11) is 0. The predicted octanol–water partition coefficient (Wildman–Crippen LogP) is 1.81. The molecule has 5 N–H and O–H groups in total. The van der Waals surface area contributed by atoms with Crippen molar-refractivity contribution < 1.29 is 25.5 Å². The van der Waals surface area contributed by atoms with Gasteiger partial charge in [-0.25, -0.2) is 0 Å². The minimum atomic E-state index is -0.574. The summed E-state index contributed by atoms with van der Waals surface area (Å²) in [5.74, 6) is -1.85. The Bertz CT molecular complexity index is 592. The van der Waals surface area contributed by atoms with Crippen molar-refractivity contribution in [2.24, 2.45) is 0 Å². The van der Waals surface area contributed by atoms with Gasteiger partial charge in [0.25, 0.3) is 0 Å². The summed E-state index contributed by atoms with van der Waals surface area (Å²) >= 11 is 0.